The van der Waals surface area contributed by atoms with Crippen LogP contribution < -0.4 is 5.32 Å². The molecule has 0 fully saturated rings. The summed E-state index contributed by atoms with van der Waals surface area (Å²) in [6, 6.07) is 9.68. The molecule has 3 rings (SSSR count). The largest absolute Gasteiger partial charge is 0.288 e. The Morgan fingerprint density at radius 1 is 1.05 bits per heavy atom. The first kappa shape index (κ1) is 13.0. The normalized spacial score (nSPS) is 13.3. The Labute approximate surface area is 122 Å². The van der Waals surface area contributed by atoms with E-state index in [-0.39, 0.29) is 12.2 Å². The SMILES string of the molecule is O=C1NC(=O)c2c(Cc3cc(Br)ccc3F)cccc21. The Kier molecular flexibility index (Phi) is 3.14. The van der Waals surface area contributed by atoms with E-state index in [1.165, 1.54) is 6.07 Å². The number of amides is 2. The Hall–Kier alpha value is -2.01. The molecule has 20 heavy (non-hydrogen) atoms. The molecule has 2 amide bonds. The first-order chi connectivity index (χ1) is 9.56. The third-order valence-corrected chi connectivity index (χ3v) is 3.73. The topological polar surface area (TPSA) is 46.2 Å². The van der Waals surface area contributed by atoms with Crippen LogP contribution in [0.3, 0.4) is 0 Å². The first-order valence-electron chi connectivity index (χ1n) is 5.98. The Bertz CT molecular complexity index is 743. The summed E-state index contributed by atoms with van der Waals surface area (Å²) in [7, 11) is 0. The molecular formula is C15H9BrFNO2. The molecule has 0 aromatic heterocycles. The molecule has 1 aliphatic rings. The highest BCUT2D eigenvalue weighted by Gasteiger charge is 2.29. The number of carbonyl (C=O) groups is 2. The monoisotopic (exact) mass is 333 g/mol. The zero-order valence-electron chi connectivity index (χ0n) is 10.2. The van der Waals surface area contributed by atoms with Gasteiger partial charge in [-0.05, 0) is 35.4 Å². The lowest BCUT2D eigenvalue weighted by atomic mass is 9.96. The van der Waals surface area contributed by atoms with E-state index < -0.39 is 11.8 Å². The van der Waals surface area contributed by atoms with Gasteiger partial charge in [-0.3, -0.25) is 14.9 Å². The van der Waals surface area contributed by atoms with E-state index in [0.717, 1.165) is 4.47 Å². The average Bonchev–Trinajstić information content (AvgIpc) is 2.71. The van der Waals surface area contributed by atoms with Gasteiger partial charge in [0.25, 0.3) is 11.8 Å². The van der Waals surface area contributed by atoms with Crippen LogP contribution in [0.2, 0.25) is 0 Å². The fourth-order valence-electron chi connectivity index (χ4n) is 2.32. The molecule has 3 nitrogen and oxygen atoms in total. The minimum Gasteiger partial charge on any atom is -0.288 e. The summed E-state index contributed by atoms with van der Waals surface area (Å²) < 4.78 is 14.6. The van der Waals surface area contributed by atoms with Gasteiger partial charge in [0.2, 0.25) is 0 Å². The number of hydrogen-bond donors (Lipinski definition) is 1. The van der Waals surface area contributed by atoms with Gasteiger partial charge < -0.3 is 0 Å². The second-order valence-corrected chi connectivity index (χ2v) is 5.45. The minimum absolute atomic E-state index is 0.259. The molecule has 1 heterocycles. The summed E-state index contributed by atoms with van der Waals surface area (Å²) in [5.41, 5.74) is 1.81. The van der Waals surface area contributed by atoms with Crippen molar-refractivity contribution in [3.63, 3.8) is 0 Å². The number of rotatable bonds is 2. The summed E-state index contributed by atoms with van der Waals surface area (Å²) >= 11 is 3.29. The van der Waals surface area contributed by atoms with Gasteiger partial charge in [0, 0.05) is 10.9 Å². The van der Waals surface area contributed by atoms with Gasteiger partial charge in [0.05, 0.1) is 11.1 Å². The lowest BCUT2D eigenvalue weighted by molar-refractivity contribution is 0.0879. The van der Waals surface area contributed by atoms with Crippen molar-refractivity contribution in [3.8, 4) is 0 Å². The van der Waals surface area contributed by atoms with Gasteiger partial charge in [0.15, 0.2) is 0 Å². The van der Waals surface area contributed by atoms with Crippen LogP contribution in [0.15, 0.2) is 40.9 Å². The molecule has 1 aliphatic heterocycles. The molecule has 0 atom stereocenters. The van der Waals surface area contributed by atoms with E-state index in [1.807, 2.05) is 0 Å². The van der Waals surface area contributed by atoms with E-state index in [9.17, 15) is 14.0 Å². The lowest BCUT2D eigenvalue weighted by Crippen LogP contribution is -2.20. The third-order valence-electron chi connectivity index (χ3n) is 3.24. The van der Waals surface area contributed by atoms with Crippen molar-refractivity contribution in [3.05, 3.63) is 68.9 Å². The third kappa shape index (κ3) is 2.14. The van der Waals surface area contributed by atoms with E-state index in [0.29, 0.717) is 22.3 Å². The molecule has 0 radical (unpaired) electrons. The maximum atomic E-state index is 13.8. The number of halogens is 2. The summed E-state index contributed by atoms with van der Waals surface area (Å²) in [6.07, 6.45) is 0.259. The summed E-state index contributed by atoms with van der Waals surface area (Å²) in [5.74, 6) is -1.16. The zero-order valence-corrected chi connectivity index (χ0v) is 11.8. The van der Waals surface area contributed by atoms with Crippen LogP contribution in [-0.2, 0) is 6.42 Å². The van der Waals surface area contributed by atoms with Gasteiger partial charge in [-0.2, -0.15) is 0 Å². The highest BCUT2D eigenvalue weighted by molar-refractivity contribution is 9.10. The zero-order chi connectivity index (χ0) is 14.3. The molecule has 5 heteroatoms. The van der Waals surface area contributed by atoms with Gasteiger partial charge in [-0.25, -0.2) is 4.39 Å². The van der Waals surface area contributed by atoms with Crippen LogP contribution >= 0.6 is 15.9 Å². The van der Waals surface area contributed by atoms with Crippen molar-refractivity contribution in [2.24, 2.45) is 0 Å². The Morgan fingerprint density at radius 2 is 1.85 bits per heavy atom. The summed E-state index contributed by atoms with van der Waals surface area (Å²) in [4.78, 5) is 23.4. The molecule has 2 aromatic rings. The average molecular weight is 334 g/mol. The predicted molar refractivity (Wildman–Crippen MR) is 75.1 cm³/mol. The molecule has 100 valence electrons. The van der Waals surface area contributed by atoms with E-state index >= 15 is 0 Å². The molecular weight excluding hydrogens is 325 g/mol. The van der Waals surface area contributed by atoms with E-state index in [1.54, 1.807) is 30.3 Å². The van der Waals surface area contributed by atoms with Crippen LogP contribution in [0.4, 0.5) is 4.39 Å². The highest BCUT2D eigenvalue weighted by Crippen LogP contribution is 2.24. The maximum Gasteiger partial charge on any atom is 0.259 e. The van der Waals surface area contributed by atoms with Gasteiger partial charge in [0.1, 0.15) is 5.82 Å². The number of benzene rings is 2. The first-order valence-corrected chi connectivity index (χ1v) is 6.77. The number of fused-ring (bicyclic) bond motifs is 1. The molecule has 0 bridgehead atoms. The minimum atomic E-state index is -0.420. The Balaban J connectivity index is 2.07. The molecule has 1 N–H and O–H groups in total. The lowest BCUT2D eigenvalue weighted by Gasteiger charge is -2.07. The van der Waals surface area contributed by atoms with Gasteiger partial charge in [-0.15, -0.1) is 0 Å². The van der Waals surface area contributed by atoms with Crippen LogP contribution in [0.5, 0.6) is 0 Å². The molecule has 0 saturated carbocycles. The van der Waals surface area contributed by atoms with Crippen molar-refractivity contribution < 1.29 is 14.0 Å². The number of hydrogen-bond acceptors (Lipinski definition) is 2. The predicted octanol–water partition coefficient (Wildman–Crippen LogP) is 3.06. The van der Waals surface area contributed by atoms with Crippen molar-refractivity contribution >= 4 is 27.7 Å². The number of carbonyl (C=O) groups excluding carboxylic acids is 2. The van der Waals surface area contributed by atoms with Crippen LogP contribution in [0.25, 0.3) is 0 Å². The number of nitrogens with one attached hydrogen (secondary N) is 1. The smallest absolute Gasteiger partial charge is 0.259 e. The second-order valence-electron chi connectivity index (χ2n) is 4.54. The van der Waals surface area contributed by atoms with Crippen molar-refractivity contribution in [1.29, 1.82) is 0 Å². The van der Waals surface area contributed by atoms with Crippen molar-refractivity contribution in [1.82, 2.24) is 5.32 Å². The highest BCUT2D eigenvalue weighted by atomic mass is 79.9. The molecule has 2 aromatic carbocycles. The standard InChI is InChI=1S/C15H9BrFNO2/c16-10-4-5-12(17)9(7-10)6-8-2-1-3-11-13(8)15(20)18-14(11)19/h1-5,7H,6H2,(H,18,19,20). The van der Waals surface area contributed by atoms with Gasteiger partial charge in [-0.1, -0.05) is 28.1 Å². The fourth-order valence-corrected chi connectivity index (χ4v) is 2.73. The summed E-state index contributed by atoms with van der Waals surface area (Å²) in [6.45, 7) is 0. The quantitative estimate of drug-likeness (QED) is 0.858. The molecule has 0 saturated heterocycles. The molecule has 0 aliphatic carbocycles. The second kappa shape index (κ2) is 4.83. The van der Waals surface area contributed by atoms with E-state index in [4.69, 9.17) is 0 Å². The summed E-state index contributed by atoms with van der Waals surface area (Å²) in [5, 5.41) is 2.25. The van der Waals surface area contributed by atoms with Crippen LogP contribution in [0, 0.1) is 5.82 Å². The number of imide groups is 1. The van der Waals surface area contributed by atoms with Crippen molar-refractivity contribution in [2.75, 3.05) is 0 Å². The van der Waals surface area contributed by atoms with Gasteiger partial charge >= 0.3 is 0 Å². The molecule has 0 spiro atoms. The van der Waals surface area contributed by atoms with E-state index in [2.05, 4.69) is 21.2 Å². The maximum absolute atomic E-state index is 13.8. The van der Waals surface area contributed by atoms with Crippen molar-refractivity contribution in [2.45, 2.75) is 6.42 Å². The van der Waals surface area contributed by atoms with Crippen LogP contribution in [0.1, 0.15) is 31.8 Å². The van der Waals surface area contributed by atoms with Crippen LogP contribution in [-0.4, -0.2) is 11.8 Å². The molecule has 0 unspecified atom stereocenters. The Morgan fingerprint density at radius 3 is 2.65 bits per heavy atom. The fraction of sp³-hybridized carbons (Fsp3) is 0.0667.